The highest BCUT2D eigenvalue weighted by Gasteiger charge is 2.21. The van der Waals surface area contributed by atoms with Crippen LogP contribution in [0, 0.1) is 0 Å². The van der Waals surface area contributed by atoms with Crippen molar-refractivity contribution in [2.24, 2.45) is 0 Å². The van der Waals surface area contributed by atoms with Crippen LogP contribution >= 0.6 is 11.3 Å². The molecule has 3 heteroatoms. The summed E-state index contributed by atoms with van der Waals surface area (Å²) in [6, 6.07) is 79.7. The Morgan fingerprint density at radius 1 is 0.288 bits per heavy atom. The normalized spacial score (nSPS) is 11.7. The second-order valence-corrected chi connectivity index (χ2v) is 16.3. The predicted octanol–water partition coefficient (Wildman–Crippen LogP) is 15.8. The average Bonchev–Trinajstić information content (AvgIpc) is 4.00. The first-order chi connectivity index (χ1) is 29.3. The van der Waals surface area contributed by atoms with Gasteiger partial charge in [0, 0.05) is 47.7 Å². The molecule has 0 saturated heterocycles. The monoisotopic (exact) mass is 768 g/mol. The summed E-state index contributed by atoms with van der Waals surface area (Å²) in [5.41, 5.74) is 15.7. The molecule has 0 fully saturated rings. The minimum Gasteiger partial charge on any atom is -0.309 e. The number of nitrogens with zero attached hydrogens (tertiary/aromatic N) is 2. The number of benzene rings is 9. The van der Waals surface area contributed by atoms with Crippen LogP contribution in [0.3, 0.4) is 0 Å². The van der Waals surface area contributed by atoms with Crippen LogP contribution in [0.4, 0.5) is 0 Å². The van der Waals surface area contributed by atoms with Crippen molar-refractivity contribution in [1.82, 2.24) is 9.13 Å². The third-order valence-electron chi connectivity index (χ3n) is 12.0. The van der Waals surface area contributed by atoms with Crippen LogP contribution in [0.2, 0.25) is 0 Å². The molecule has 0 amide bonds. The Balaban J connectivity index is 1.00. The van der Waals surface area contributed by atoms with Gasteiger partial charge in [0.05, 0.1) is 22.2 Å². The van der Waals surface area contributed by atoms with Crippen LogP contribution in [0.15, 0.2) is 218 Å². The SMILES string of the molecule is c1ccc(-c2ccc(-c3cccc4c3sc3c(-c5ccc(-n6c7ccccc7c7ccc8c(cc(-c9ccccc9)n8-c8ccccc8)c76)cc5)cccc34)cc2)cc1. The second kappa shape index (κ2) is 13.6. The molecule has 9 aromatic carbocycles. The van der Waals surface area contributed by atoms with E-state index in [0.717, 1.165) is 11.4 Å². The Hall–Kier alpha value is -7.46. The fourth-order valence-corrected chi connectivity index (χ4v) is 10.6. The number of rotatable bonds is 6. The van der Waals surface area contributed by atoms with Crippen LogP contribution in [-0.2, 0) is 0 Å². The van der Waals surface area contributed by atoms with Gasteiger partial charge < -0.3 is 9.13 Å². The maximum Gasteiger partial charge on any atom is 0.0635 e. The molecule has 3 aromatic heterocycles. The van der Waals surface area contributed by atoms with Gasteiger partial charge in [0.2, 0.25) is 0 Å². The quantitative estimate of drug-likeness (QED) is 0.159. The summed E-state index contributed by atoms with van der Waals surface area (Å²) >= 11 is 1.90. The van der Waals surface area contributed by atoms with E-state index < -0.39 is 0 Å². The molecule has 12 aromatic rings. The standard InChI is InChI=1S/C56H36N2S/c1-4-14-37(15-5-1)38-26-28-39(29-27-38)44-21-12-23-48-49-24-13-22-45(56(49)59-55(44)48)40-30-32-43(33-31-40)58-51-25-11-10-20-46(51)47-34-35-52-50(54(47)58)36-53(41-16-6-2-7-17-41)57(52)42-18-8-3-9-19-42/h1-36H. The first-order valence-electron chi connectivity index (χ1n) is 20.2. The van der Waals surface area contributed by atoms with Crippen LogP contribution in [-0.4, -0.2) is 9.13 Å². The molecule has 276 valence electrons. The van der Waals surface area contributed by atoms with Gasteiger partial charge >= 0.3 is 0 Å². The topological polar surface area (TPSA) is 9.86 Å². The van der Waals surface area contributed by atoms with Crippen LogP contribution in [0.1, 0.15) is 0 Å². The van der Waals surface area contributed by atoms with Gasteiger partial charge in [-0.3, -0.25) is 0 Å². The van der Waals surface area contributed by atoms with E-state index in [1.54, 1.807) is 0 Å². The van der Waals surface area contributed by atoms with Crippen molar-refractivity contribution in [3.05, 3.63) is 218 Å². The summed E-state index contributed by atoms with van der Waals surface area (Å²) in [6.45, 7) is 0. The predicted molar refractivity (Wildman–Crippen MR) is 252 cm³/mol. The van der Waals surface area contributed by atoms with Crippen LogP contribution in [0.25, 0.3) is 109 Å². The maximum absolute atomic E-state index is 2.47. The van der Waals surface area contributed by atoms with Gasteiger partial charge in [0.15, 0.2) is 0 Å². The number of hydrogen-bond donors (Lipinski definition) is 0. The molecule has 0 aliphatic carbocycles. The van der Waals surface area contributed by atoms with E-state index in [-0.39, 0.29) is 0 Å². The molecular formula is C56H36N2S. The molecule has 2 nitrogen and oxygen atoms in total. The van der Waals surface area contributed by atoms with E-state index in [4.69, 9.17) is 0 Å². The fourth-order valence-electron chi connectivity index (χ4n) is 9.22. The maximum atomic E-state index is 2.47. The summed E-state index contributed by atoms with van der Waals surface area (Å²) < 4.78 is 7.52. The summed E-state index contributed by atoms with van der Waals surface area (Å²) in [6.07, 6.45) is 0. The summed E-state index contributed by atoms with van der Waals surface area (Å²) in [7, 11) is 0. The van der Waals surface area contributed by atoms with E-state index >= 15 is 0 Å². The van der Waals surface area contributed by atoms with E-state index in [1.807, 2.05) is 11.3 Å². The molecule has 0 unspecified atom stereocenters. The van der Waals surface area contributed by atoms with E-state index in [0.29, 0.717) is 0 Å². The number of para-hydroxylation sites is 2. The van der Waals surface area contributed by atoms with Crippen LogP contribution < -0.4 is 0 Å². The first kappa shape index (κ1) is 33.7. The Morgan fingerprint density at radius 3 is 1.44 bits per heavy atom. The lowest BCUT2D eigenvalue weighted by atomic mass is 9.98. The molecule has 0 aliphatic rings. The first-order valence-corrected chi connectivity index (χ1v) is 21.0. The zero-order valence-electron chi connectivity index (χ0n) is 32.1. The second-order valence-electron chi connectivity index (χ2n) is 15.3. The molecule has 12 rings (SSSR count). The van der Waals surface area contributed by atoms with Crippen molar-refractivity contribution in [3.63, 3.8) is 0 Å². The van der Waals surface area contributed by atoms with E-state index in [1.165, 1.54) is 97.5 Å². The smallest absolute Gasteiger partial charge is 0.0635 e. The molecule has 0 bridgehead atoms. The van der Waals surface area contributed by atoms with E-state index in [9.17, 15) is 0 Å². The van der Waals surface area contributed by atoms with Gasteiger partial charge in [-0.25, -0.2) is 0 Å². The van der Waals surface area contributed by atoms with Crippen molar-refractivity contribution in [2.75, 3.05) is 0 Å². The molecule has 0 aliphatic heterocycles. The van der Waals surface area contributed by atoms with Gasteiger partial charge in [-0.15, -0.1) is 11.3 Å². The van der Waals surface area contributed by atoms with Gasteiger partial charge in [-0.2, -0.15) is 0 Å². The molecule has 0 atom stereocenters. The van der Waals surface area contributed by atoms with Crippen LogP contribution in [0.5, 0.6) is 0 Å². The van der Waals surface area contributed by atoms with Gasteiger partial charge in [0.1, 0.15) is 0 Å². The number of thiophene rings is 1. The lowest BCUT2D eigenvalue weighted by Crippen LogP contribution is -1.97. The highest BCUT2D eigenvalue weighted by atomic mass is 32.1. The number of fused-ring (bicyclic) bond motifs is 8. The van der Waals surface area contributed by atoms with E-state index in [2.05, 4.69) is 228 Å². The fraction of sp³-hybridized carbons (Fsp3) is 0. The molecule has 0 N–H and O–H groups in total. The minimum absolute atomic E-state index is 1.14. The minimum atomic E-state index is 1.14. The Morgan fingerprint density at radius 2 is 0.780 bits per heavy atom. The zero-order valence-corrected chi connectivity index (χ0v) is 32.9. The summed E-state index contributed by atoms with van der Waals surface area (Å²) in [4.78, 5) is 0. The third-order valence-corrected chi connectivity index (χ3v) is 13.3. The van der Waals surface area contributed by atoms with Gasteiger partial charge in [-0.1, -0.05) is 176 Å². The zero-order chi connectivity index (χ0) is 38.9. The Kier molecular flexibility index (Phi) is 7.75. The Bertz CT molecular complexity index is 3500. The lowest BCUT2D eigenvalue weighted by molar-refractivity contribution is 1.13. The Labute approximate surface area is 346 Å². The van der Waals surface area contributed by atoms with Gasteiger partial charge in [0.25, 0.3) is 0 Å². The molecule has 59 heavy (non-hydrogen) atoms. The van der Waals surface area contributed by atoms with Crippen molar-refractivity contribution < 1.29 is 0 Å². The highest BCUT2D eigenvalue weighted by molar-refractivity contribution is 7.26. The highest BCUT2D eigenvalue weighted by Crippen LogP contribution is 2.45. The average molecular weight is 769 g/mol. The number of aromatic nitrogens is 2. The summed E-state index contributed by atoms with van der Waals surface area (Å²) in [5, 5.41) is 6.34. The number of hydrogen-bond acceptors (Lipinski definition) is 1. The van der Waals surface area contributed by atoms with Crippen molar-refractivity contribution >= 4 is 64.2 Å². The molecule has 0 saturated carbocycles. The molecule has 0 radical (unpaired) electrons. The largest absolute Gasteiger partial charge is 0.309 e. The van der Waals surface area contributed by atoms with Crippen molar-refractivity contribution in [3.8, 4) is 56.0 Å². The summed E-state index contributed by atoms with van der Waals surface area (Å²) in [5.74, 6) is 0. The van der Waals surface area contributed by atoms with Crippen molar-refractivity contribution in [1.29, 1.82) is 0 Å². The van der Waals surface area contributed by atoms with Gasteiger partial charge in [-0.05, 0) is 81.4 Å². The molecular weight excluding hydrogens is 733 g/mol. The molecule has 3 heterocycles. The third kappa shape index (κ3) is 5.40. The molecule has 0 spiro atoms. The van der Waals surface area contributed by atoms with Crippen molar-refractivity contribution in [2.45, 2.75) is 0 Å². The lowest BCUT2D eigenvalue weighted by Gasteiger charge is -2.12.